The summed E-state index contributed by atoms with van der Waals surface area (Å²) in [5, 5.41) is 1.39. The molecule has 1 aromatic carbocycles. The van der Waals surface area contributed by atoms with Gasteiger partial charge in [-0.15, -0.1) is 11.3 Å². The summed E-state index contributed by atoms with van der Waals surface area (Å²) in [6.45, 7) is 1.99. The number of halogens is 1. The van der Waals surface area contributed by atoms with Crippen molar-refractivity contribution in [2.75, 3.05) is 18.5 Å². The fraction of sp³-hybridized carbons (Fsp3) is 0.294. The van der Waals surface area contributed by atoms with Crippen molar-refractivity contribution in [3.05, 3.63) is 52.2 Å². The molecule has 1 N–H and O–H groups in total. The van der Waals surface area contributed by atoms with Crippen LogP contribution >= 0.6 is 22.9 Å². The minimum absolute atomic E-state index is 0.0107. The third-order valence-electron chi connectivity index (χ3n) is 3.97. The summed E-state index contributed by atoms with van der Waals surface area (Å²) >= 11 is 7.88. The molecule has 0 spiro atoms. The number of aryl methyl sites for hydroxylation is 1. The number of carbonyl (C=O) groups excluding carboxylic acids is 2. The van der Waals surface area contributed by atoms with E-state index in [1.807, 2.05) is 36.6 Å². The fourth-order valence-corrected chi connectivity index (χ4v) is 4.00. The third-order valence-corrected chi connectivity index (χ3v) is 5.28. The smallest absolute Gasteiger partial charge is 0.404 e. The average Bonchev–Trinajstić information content (AvgIpc) is 3.20. The molecule has 8 heteroatoms. The lowest BCUT2D eigenvalue weighted by atomic mass is 10.2. The van der Waals surface area contributed by atoms with Crippen LogP contribution in [-0.2, 0) is 11.2 Å². The summed E-state index contributed by atoms with van der Waals surface area (Å²) in [5.41, 5.74) is 4.36. The minimum atomic E-state index is -1.63. The molecule has 1 atom stereocenters. The molecular formula is C17H18ClN3O3S. The Balaban J connectivity index is 1.88. The van der Waals surface area contributed by atoms with Gasteiger partial charge in [-0.2, -0.15) is 0 Å². The molecule has 1 aliphatic heterocycles. The highest BCUT2D eigenvalue weighted by atomic mass is 35.5. The highest BCUT2D eigenvalue weighted by Gasteiger charge is 2.51. The summed E-state index contributed by atoms with van der Waals surface area (Å²) < 4.78 is 5.36. The van der Waals surface area contributed by atoms with Gasteiger partial charge in [0.05, 0.1) is 4.88 Å². The van der Waals surface area contributed by atoms with Crippen LogP contribution in [0.3, 0.4) is 0 Å². The number of cyclic esters (lactones) is 1. The second-order valence-corrected chi connectivity index (χ2v) is 6.98. The number of rotatable bonds is 5. The number of hydrogen-bond donors (Lipinski definition) is 1. The maximum Gasteiger partial charge on any atom is 0.417 e. The number of benzene rings is 1. The molecule has 0 radical (unpaired) electrons. The van der Waals surface area contributed by atoms with E-state index in [0.717, 1.165) is 12.0 Å². The van der Waals surface area contributed by atoms with E-state index in [-0.39, 0.29) is 12.5 Å². The summed E-state index contributed by atoms with van der Waals surface area (Å²) in [6, 6.07) is 11.0. The molecular weight excluding hydrogens is 362 g/mol. The summed E-state index contributed by atoms with van der Waals surface area (Å²) in [4.78, 5) is 27.2. The van der Waals surface area contributed by atoms with E-state index in [1.54, 1.807) is 19.2 Å². The van der Waals surface area contributed by atoms with Gasteiger partial charge in [-0.1, -0.05) is 25.1 Å². The van der Waals surface area contributed by atoms with Crippen molar-refractivity contribution >= 4 is 40.6 Å². The van der Waals surface area contributed by atoms with Gasteiger partial charge in [-0.3, -0.25) is 9.69 Å². The molecule has 0 bridgehead atoms. The average molecular weight is 380 g/mol. The first-order chi connectivity index (χ1) is 12.0. The number of hydrogen-bond acceptors (Lipinski definition) is 5. The molecule has 1 unspecified atom stereocenters. The van der Waals surface area contributed by atoms with Crippen molar-refractivity contribution < 1.29 is 14.3 Å². The number of thiophene rings is 1. The highest BCUT2D eigenvalue weighted by Crippen LogP contribution is 2.34. The quantitative estimate of drug-likeness (QED) is 0.491. The van der Waals surface area contributed by atoms with Crippen molar-refractivity contribution in [1.29, 1.82) is 0 Å². The molecule has 1 aliphatic rings. The number of nitrogens with one attached hydrogen (secondary N) is 1. The van der Waals surface area contributed by atoms with Crippen molar-refractivity contribution in [3.63, 3.8) is 0 Å². The predicted molar refractivity (Wildman–Crippen MR) is 97.8 cm³/mol. The fourth-order valence-electron chi connectivity index (χ4n) is 2.73. The van der Waals surface area contributed by atoms with Gasteiger partial charge in [0, 0.05) is 12.7 Å². The predicted octanol–water partition coefficient (Wildman–Crippen LogP) is 3.44. The van der Waals surface area contributed by atoms with Crippen LogP contribution in [0.1, 0.15) is 22.2 Å². The van der Waals surface area contributed by atoms with Crippen LogP contribution < -0.4 is 10.3 Å². The Morgan fingerprint density at radius 1 is 1.40 bits per heavy atom. The van der Waals surface area contributed by atoms with Gasteiger partial charge in [0.2, 0.25) is 0 Å². The molecule has 0 saturated carbocycles. The van der Waals surface area contributed by atoms with Crippen LogP contribution in [-0.4, -0.2) is 35.8 Å². The molecule has 1 fully saturated rings. The Kier molecular flexibility index (Phi) is 4.99. The van der Waals surface area contributed by atoms with E-state index in [0.29, 0.717) is 10.6 Å². The molecule has 132 valence electrons. The van der Waals surface area contributed by atoms with Gasteiger partial charge in [0.1, 0.15) is 6.54 Å². The second kappa shape index (κ2) is 7.03. The van der Waals surface area contributed by atoms with Crippen molar-refractivity contribution in [3.8, 4) is 0 Å². The van der Waals surface area contributed by atoms with E-state index < -0.39 is 11.3 Å². The van der Waals surface area contributed by atoms with Gasteiger partial charge in [-0.05, 0) is 47.2 Å². The van der Waals surface area contributed by atoms with E-state index in [9.17, 15) is 9.59 Å². The molecule has 25 heavy (non-hydrogen) atoms. The number of nitrogens with zero attached hydrogens (tertiary/aromatic N) is 2. The number of ether oxygens (including phenoxy) is 1. The number of anilines is 1. The summed E-state index contributed by atoms with van der Waals surface area (Å²) in [6.07, 6.45) is 0.129. The van der Waals surface area contributed by atoms with Crippen molar-refractivity contribution in [2.45, 2.75) is 18.5 Å². The van der Waals surface area contributed by atoms with Gasteiger partial charge in [-0.25, -0.2) is 15.2 Å². The van der Waals surface area contributed by atoms with E-state index >= 15 is 0 Å². The molecule has 1 aromatic heterocycles. The Morgan fingerprint density at radius 3 is 2.76 bits per heavy atom. The Morgan fingerprint density at radius 2 is 2.12 bits per heavy atom. The number of amides is 2. The molecule has 1 saturated heterocycles. The van der Waals surface area contributed by atoms with Gasteiger partial charge < -0.3 is 4.74 Å². The van der Waals surface area contributed by atoms with E-state index in [2.05, 4.69) is 5.43 Å². The number of hydrazine groups is 1. The van der Waals surface area contributed by atoms with Crippen LogP contribution in [0.2, 0.25) is 0 Å². The lowest BCUT2D eigenvalue weighted by Crippen LogP contribution is -2.56. The van der Waals surface area contributed by atoms with Gasteiger partial charge >= 0.3 is 6.09 Å². The Hall–Kier alpha value is -2.09. The minimum Gasteiger partial charge on any atom is -0.404 e. The van der Waals surface area contributed by atoms with Crippen molar-refractivity contribution in [2.24, 2.45) is 0 Å². The monoisotopic (exact) mass is 379 g/mol. The van der Waals surface area contributed by atoms with Gasteiger partial charge in [0.15, 0.2) is 0 Å². The SMILES string of the molecule is CCc1ccsc1C(=O)N(NC)C1(Cl)CN(c2ccccc2)C(=O)O1. The lowest BCUT2D eigenvalue weighted by Gasteiger charge is -2.32. The Bertz CT molecular complexity index is 782. The zero-order valence-corrected chi connectivity index (χ0v) is 15.4. The van der Waals surface area contributed by atoms with Gasteiger partial charge in [0.25, 0.3) is 11.1 Å². The molecule has 6 nitrogen and oxygen atoms in total. The van der Waals surface area contributed by atoms with E-state index in [4.69, 9.17) is 16.3 Å². The largest absolute Gasteiger partial charge is 0.417 e. The molecule has 2 aromatic rings. The number of para-hydroxylation sites is 1. The molecule has 3 rings (SSSR count). The van der Waals surface area contributed by atoms with Crippen molar-refractivity contribution in [1.82, 2.24) is 10.4 Å². The third kappa shape index (κ3) is 3.22. The maximum atomic E-state index is 12.9. The topological polar surface area (TPSA) is 61.9 Å². The first kappa shape index (κ1) is 17.7. The van der Waals surface area contributed by atoms with E-state index in [1.165, 1.54) is 21.2 Å². The lowest BCUT2D eigenvalue weighted by molar-refractivity contribution is -0.0248. The summed E-state index contributed by atoms with van der Waals surface area (Å²) in [5.74, 6) is -0.327. The standard InChI is InChI=1S/C17H18ClN3O3S/c1-3-12-9-10-25-14(12)15(22)21(19-2)17(18)11-20(16(23)24-17)13-7-5-4-6-8-13/h4-10,19H,3,11H2,1-2H3. The summed E-state index contributed by atoms with van der Waals surface area (Å²) in [7, 11) is 1.57. The zero-order valence-electron chi connectivity index (χ0n) is 13.9. The molecule has 2 heterocycles. The maximum absolute atomic E-state index is 12.9. The molecule has 2 amide bonds. The zero-order chi connectivity index (χ0) is 18.0. The first-order valence-corrected chi connectivity index (χ1v) is 9.08. The second-order valence-electron chi connectivity index (χ2n) is 5.47. The van der Waals surface area contributed by atoms with Crippen LogP contribution in [0.5, 0.6) is 0 Å². The number of carbonyl (C=O) groups is 2. The normalized spacial score (nSPS) is 19.8. The molecule has 0 aliphatic carbocycles. The van der Waals surface area contributed by atoms with Crippen LogP contribution in [0.4, 0.5) is 10.5 Å². The Labute approximate surface area is 154 Å². The highest BCUT2D eigenvalue weighted by molar-refractivity contribution is 7.12. The van der Waals surface area contributed by atoms with Crippen LogP contribution in [0.15, 0.2) is 41.8 Å². The van der Waals surface area contributed by atoms with Crippen LogP contribution in [0, 0.1) is 0 Å². The number of alkyl halides is 1. The first-order valence-electron chi connectivity index (χ1n) is 7.83. The van der Waals surface area contributed by atoms with Crippen LogP contribution in [0.25, 0.3) is 0 Å².